The van der Waals surface area contributed by atoms with E-state index >= 15 is 0 Å². The lowest BCUT2D eigenvalue weighted by Crippen LogP contribution is -1.99. The fourth-order valence-corrected chi connectivity index (χ4v) is 2.48. The van der Waals surface area contributed by atoms with Gasteiger partial charge in [0.2, 0.25) is 0 Å². The second kappa shape index (κ2) is 10.9. The summed E-state index contributed by atoms with van der Waals surface area (Å²) >= 11 is 0. The van der Waals surface area contributed by atoms with Crippen LogP contribution in [0.15, 0.2) is 48.5 Å². The predicted octanol–water partition coefficient (Wildman–Crippen LogP) is 5.00. The van der Waals surface area contributed by atoms with E-state index in [4.69, 9.17) is 0 Å². The van der Waals surface area contributed by atoms with Crippen LogP contribution in [0.1, 0.15) is 44.4 Å². The number of fused-ring (bicyclic) bond motifs is 2. The van der Waals surface area contributed by atoms with Gasteiger partial charge in [0, 0.05) is 25.3 Å². The van der Waals surface area contributed by atoms with Crippen LogP contribution in [-0.2, 0) is 19.5 Å². The van der Waals surface area contributed by atoms with Crippen LogP contribution in [0.3, 0.4) is 0 Å². The molecule has 2 heterocycles. The molecular weight excluding hydrogens is 268 g/mol. The van der Waals surface area contributed by atoms with Gasteiger partial charge in [0.25, 0.3) is 0 Å². The Kier molecular flexibility index (Phi) is 9.01. The molecule has 2 aliphatic heterocycles. The monoisotopic (exact) mass is 298 g/mol. The highest BCUT2D eigenvalue weighted by molar-refractivity contribution is 5.54. The van der Waals surface area contributed by atoms with Gasteiger partial charge >= 0.3 is 0 Å². The van der Waals surface area contributed by atoms with Gasteiger partial charge in [0.05, 0.1) is 0 Å². The Hall–Kier alpha value is -1.80. The number of hydrogen-bond acceptors (Lipinski definition) is 2. The Labute approximate surface area is 136 Å². The molecule has 0 atom stereocenters. The number of benzene rings is 2. The van der Waals surface area contributed by atoms with Crippen molar-refractivity contribution in [3.63, 3.8) is 0 Å². The highest BCUT2D eigenvalue weighted by Gasteiger charge is 2.06. The maximum Gasteiger partial charge on any atom is 0.0373 e. The molecule has 0 amide bonds. The zero-order chi connectivity index (χ0) is 16.2. The van der Waals surface area contributed by atoms with Crippen LogP contribution in [0, 0.1) is 0 Å². The van der Waals surface area contributed by atoms with Gasteiger partial charge < -0.3 is 10.6 Å². The second-order valence-electron chi connectivity index (χ2n) is 4.71. The van der Waals surface area contributed by atoms with E-state index in [0.29, 0.717) is 0 Å². The van der Waals surface area contributed by atoms with Crippen LogP contribution in [0.25, 0.3) is 0 Å². The third kappa shape index (κ3) is 5.19. The van der Waals surface area contributed by atoms with Gasteiger partial charge in [-0.15, -0.1) is 0 Å². The van der Waals surface area contributed by atoms with E-state index in [1.54, 1.807) is 0 Å². The minimum atomic E-state index is 1.05. The molecule has 2 nitrogen and oxygen atoms in total. The minimum absolute atomic E-state index is 1.05. The van der Waals surface area contributed by atoms with Gasteiger partial charge in [0.1, 0.15) is 0 Å². The summed E-state index contributed by atoms with van der Waals surface area (Å²) in [5.74, 6) is 0. The van der Waals surface area contributed by atoms with Crippen molar-refractivity contribution in [2.24, 2.45) is 0 Å². The van der Waals surface area contributed by atoms with Gasteiger partial charge in [-0.25, -0.2) is 0 Å². The minimum Gasteiger partial charge on any atom is -0.384 e. The molecule has 2 N–H and O–H groups in total. The van der Waals surface area contributed by atoms with Crippen LogP contribution in [-0.4, -0.2) is 6.54 Å². The summed E-state index contributed by atoms with van der Waals surface area (Å²) in [5.41, 5.74) is 5.69. The molecular formula is C20H30N2. The third-order valence-electron chi connectivity index (χ3n) is 3.48. The summed E-state index contributed by atoms with van der Waals surface area (Å²) in [6.07, 6.45) is 1.19. The van der Waals surface area contributed by atoms with Crippen LogP contribution in [0.2, 0.25) is 0 Å². The van der Waals surface area contributed by atoms with Crippen LogP contribution in [0.5, 0.6) is 0 Å². The molecule has 2 aromatic carbocycles. The first-order valence-corrected chi connectivity index (χ1v) is 8.53. The van der Waals surface area contributed by atoms with Crippen molar-refractivity contribution < 1.29 is 0 Å². The first-order chi connectivity index (χ1) is 10.9. The molecule has 0 spiro atoms. The highest BCUT2D eigenvalue weighted by atomic mass is 14.9. The zero-order valence-corrected chi connectivity index (χ0v) is 14.4. The van der Waals surface area contributed by atoms with Crippen LogP contribution < -0.4 is 10.6 Å². The van der Waals surface area contributed by atoms with E-state index in [9.17, 15) is 0 Å². The largest absolute Gasteiger partial charge is 0.384 e. The fraction of sp³-hybridized carbons (Fsp3) is 0.400. The quantitative estimate of drug-likeness (QED) is 0.715. The SMILES string of the molecule is CC.CC.c1ccc2c(c1)CCN2.c1ccc2c(c1)CNC2. The lowest BCUT2D eigenvalue weighted by atomic mass is 10.1. The molecule has 0 bridgehead atoms. The lowest BCUT2D eigenvalue weighted by molar-refractivity contribution is 0.765. The Morgan fingerprint density at radius 1 is 0.682 bits per heavy atom. The average Bonchev–Trinajstić information content (AvgIpc) is 3.28. The molecule has 2 aromatic rings. The molecule has 0 aromatic heterocycles. The molecule has 0 aliphatic carbocycles. The predicted molar refractivity (Wildman–Crippen MR) is 98.3 cm³/mol. The summed E-state index contributed by atoms with van der Waals surface area (Å²) in [6.45, 7) is 11.2. The number of rotatable bonds is 0. The van der Waals surface area contributed by atoms with Crippen molar-refractivity contribution in [1.82, 2.24) is 5.32 Å². The number of anilines is 1. The molecule has 22 heavy (non-hydrogen) atoms. The molecule has 2 heteroatoms. The lowest BCUT2D eigenvalue weighted by Gasteiger charge is -1.94. The Bertz CT molecular complexity index is 439. The van der Waals surface area contributed by atoms with Crippen molar-refractivity contribution in [1.29, 1.82) is 0 Å². The van der Waals surface area contributed by atoms with Gasteiger partial charge in [-0.1, -0.05) is 70.2 Å². The summed E-state index contributed by atoms with van der Waals surface area (Å²) in [7, 11) is 0. The van der Waals surface area contributed by atoms with E-state index in [2.05, 4.69) is 59.2 Å². The maximum atomic E-state index is 3.30. The van der Waals surface area contributed by atoms with Crippen LogP contribution >= 0.6 is 0 Å². The molecule has 0 saturated carbocycles. The Balaban J connectivity index is 0.000000180. The topological polar surface area (TPSA) is 24.1 Å². The first-order valence-electron chi connectivity index (χ1n) is 8.53. The first kappa shape index (κ1) is 18.2. The molecule has 4 rings (SSSR count). The molecule has 0 saturated heterocycles. The normalized spacial score (nSPS) is 12.9. The van der Waals surface area contributed by atoms with Gasteiger partial charge in [0.15, 0.2) is 0 Å². The summed E-state index contributed by atoms with van der Waals surface area (Å²) in [6, 6.07) is 17.0. The molecule has 2 aliphatic rings. The van der Waals surface area contributed by atoms with Gasteiger partial charge in [-0.3, -0.25) is 0 Å². The van der Waals surface area contributed by atoms with E-state index in [1.807, 2.05) is 27.7 Å². The molecule has 0 fully saturated rings. The summed E-state index contributed by atoms with van der Waals surface area (Å²) < 4.78 is 0. The Morgan fingerprint density at radius 3 is 1.73 bits per heavy atom. The molecule has 0 unspecified atom stereocenters. The van der Waals surface area contributed by atoms with E-state index in [1.165, 1.54) is 28.8 Å². The Morgan fingerprint density at radius 2 is 1.18 bits per heavy atom. The maximum absolute atomic E-state index is 3.30. The smallest absolute Gasteiger partial charge is 0.0373 e. The van der Waals surface area contributed by atoms with Gasteiger partial charge in [-0.05, 0) is 29.2 Å². The zero-order valence-electron chi connectivity index (χ0n) is 14.4. The van der Waals surface area contributed by atoms with E-state index in [0.717, 1.165) is 19.6 Å². The van der Waals surface area contributed by atoms with Crippen molar-refractivity contribution in [2.75, 3.05) is 11.9 Å². The number of hydrogen-bond donors (Lipinski definition) is 2. The summed E-state index contributed by atoms with van der Waals surface area (Å²) in [5, 5.41) is 6.59. The van der Waals surface area contributed by atoms with Crippen molar-refractivity contribution in [3.8, 4) is 0 Å². The van der Waals surface area contributed by atoms with E-state index < -0.39 is 0 Å². The molecule has 120 valence electrons. The highest BCUT2D eigenvalue weighted by Crippen LogP contribution is 2.20. The van der Waals surface area contributed by atoms with Gasteiger partial charge in [-0.2, -0.15) is 0 Å². The van der Waals surface area contributed by atoms with E-state index in [-0.39, 0.29) is 0 Å². The average molecular weight is 298 g/mol. The number of nitrogens with one attached hydrogen (secondary N) is 2. The van der Waals surface area contributed by atoms with Crippen molar-refractivity contribution in [3.05, 3.63) is 65.2 Å². The third-order valence-corrected chi connectivity index (χ3v) is 3.48. The summed E-state index contributed by atoms with van der Waals surface area (Å²) in [4.78, 5) is 0. The second-order valence-corrected chi connectivity index (χ2v) is 4.71. The van der Waals surface area contributed by atoms with Crippen molar-refractivity contribution in [2.45, 2.75) is 47.2 Å². The standard InChI is InChI=1S/2C8H9N.2C2H6/c1-2-4-8-6-9-5-7(8)3-1;1-2-4-8-7(3-1)5-6-9-8;2*1-2/h2*1-4,9H,5-6H2;2*1-2H3. The fourth-order valence-electron chi connectivity index (χ4n) is 2.48. The number of para-hydroxylation sites is 1. The molecule has 0 radical (unpaired) electrons. The van der Waals surface area contributed by atoms with Crippen LogP contribution in [0.4, 0.5) is 5.69 Å². The van der Waals surface area contributed by atoms with Crippen molar-refractivity contribution >= 4 is 5.69 Å².